The van der Waals surface area contributed by atoms with Gasteiger partial charge < -0.3 is 0 Å². The minimum atomic E-state index is -0.131. The lowest BCUT2D eigenvalue weighted by Gasteiger charge is -2.21. The van der Waals surface area contributed by atoms with E-state index in [1.807, 2.05) is 31.4 Å². The van der Waals surface area contributed by atoms with Crippen LogP contribution in [0.2, 0.25) is 0 Å². The normalized spacial score (nSPS) is 12.7. The number of hydrazone groups is 1. The van der Waals surface area contributed by atoms with Crippen LogP contribution in [0, 0.1) is 6.92 Å². The van der Waals surface area contributed by atoms with Crippen molar-refractivity contribution in [2.45, 2.75) is 26.2 Å². The van der Waals surface area contributed by atoms with Gasteiger partial charge in [-0.25, -0.2) is 4.99 Å². The largest absolute Gasteiger partial charge is 0.268 e. The van der Waals surface area contributed by atoms with Crippen LogP contribution in [0.1, 0.15) is 25.0 Å². The summed E-state index contributed by atoms with van der Waals surface area (Å²) in [5.41, 5.74) is 4.52. The molecule has 2 rings (SSSR count). The van der Waals surface area contributed by atoms with Crippen LogP contribution >= 0.6 is 0 Å². The second kappa shape index (κ2) is 7.23. The Bertz CT molecular complexity index is 683. The number of hydrogen-bond acceptors (Lipinski definition) is 2. The molecule has 0 aliphatic rings. The maximum atomic E-state index is 4.60. The fourth-order valence-electron chi connectivity index (χ4n) is 2.52. The predicted octanol–water partition coefficient (Wildman–Crippen LogP) is 2.55. The second-order valence-corrected chi connectivity index (χ2v) is 6.26. The molecule has 2 aromatic rings. The van der Waals surface area contributed by atoms with Crippen molar-refractivity contribution >= 4 is 17.6 Å². The first-order valence-corrected chi connectivity index (χ1v) is 7.90. The van der Waals surface area contributed by atoms with Gasteiger partial charge in [0.05, 0.1) is 11.1 Å². The Morgan fingerprint density at radius 2 is 1.65 bits per heavy atom. The summed E-state index contributed by atoms with van der Waals surface area (Å²) in [6.07, 6.45) is 1.91. The van der Waals surface area contributed by atoms with Gasteiger partial charge in [0.25, 0.3) is 0 Å². The molecule has 0 aliphatic heterocycles. The molecule has 1 N–H and O–H groups in total. The Kier molecular flexibility index (Phi) is 5.32. The second-order valence-electron chi connectivity index (χ2n) is 6.26. The molecule has 0 saturated carbocycles. The van der Waals surface area contributed by atoms with Crippen LogP contribution in [-0.4, -0.2) is 26.0 Å². The summed E-state index contributed by atoms with van der Waals surface area (Å²) in [5, 5.41) is 6.48. The molecule has 0 bridgehead atoms. The summed E-state index contributed by atoms with van der Waals surface area (Å²) in [5.74, 6) is 0. The summed E-state index contributed by atoms with van der Waals surface area (Å²) in [7, 11) is 3.90. The van der Waals surface area contributed by atoms with E-state index in [9.17, 15) is 0 Å². The fraction of sp³-hybridized carbons (Fsp3) is 0.300. The van der Waals surface area contributed by atoms with Crippen LogP contribution in [0.25, 0.3) is 0 Å². The standard InChI is InChI=1S/C20H25N3/c1-16-11-13-18(14-12-16)23(5)22-15-19(21-4)20(2,3)17-9-7-6-8-10-17/h6-15H,1-5H3/p+1/b21-19?,22-15+. The molecule has 0 radical (unpaired) electrons. The maximum absolute atomic E-state index is 4.60. The molecule has 0 atom stereocenters. The van der Waals surface area contributed by atoms with Gasteiger partial charge in [-0.15, -0.1) is 0 Å². The summed E-state index contributed by atoms with van der Waals surface area (Å²) in [4.78, 5) is 3.30. The van der Waals surface area contributed by atoms with Gasteiger partial charge in [0.1, 0.15) is 13.3 Å². The Morgan fingerprint density at radius 1 is 1.04 bits per heavy atom. The summed E-state index contributed by atoms with van der Waals surface area (Å²) >= 11 is 0. The first-order chi connectivity index (χ1) is 10.9. The average Bonchev–Trinajstić information content (AvgIpc) is 2.56. The lowest BCUT2D eigenvalue weighted by atomic mass is 9.80. The molecule has 2 aromatic carbocycles. The van der Waals surface area contributed by atoms with E-state index in [0.717, 1.165) is 11.4 Å². The van der Waals surface area contributed by atoms with E-state index in [0.29, 0.717) is 0 Å². The Balaban J connectivity index is 2.20. The Labute approximate surface area is 139 Å². The molecule has 0 unspecified atom stereocenters. The summed E-state index contributed by atoms with van der Waals surface area (Å²) in [6, 6.07) is 18.8. The number of rotatable bonds is 5. The van der Waals surface area contributed by atoms with Gasteiger partial charge in [-0.3, -0.25) is 5.01 Å². The van der Waals surface area contributed by atoms with Crippen LogP contribution in [-0.2, 0) is 5.41 Å². The van der Waals surface area contributed by atoms with Crippen molar-refractivity contribution in [2.24, 2.45) is 5.10 Å². The number of benzene rings is 2. The first-order valence-electron chi connectivity index (χ1n) is 7.90. The van der Waals surface area contributed by atoms with E-state index in [2.05, 4.69) is 79.4 Å². The molecule has 0 aliphatic carbocycles. The highest BCUT2D eigenvalue weighted by Crippen LogP contribution is 2.22. The lowest BCUT2D eigenvalue weighted by molar-refractivity contribution is -0.420. The van der Waals surface area contributed by atoms with Gasteiger partial charge >= 0.3 is 0 Å². The van der Waals surface area contributed by atoms with E-state index in [1.165, 1.54) is 11.1 Å². The molecule has 3 nitrogen and oxygen atoms in total. The van der Waals surface area contributed by atoms with E-state index in [-0.39, 0.29) is 5.41 Å². The van der Waals surface area contributed by atoms with Crippen LogP contribution in [0.5, 0.6) is 0 Å². The van der Waals surface area contributed by atoms with Gasteiger partial charge in [0, 0.05) is 7.05 Å². The van der Waals surface area contributed by atoms with Gasteiger partial charge in [-0.2, -0.15) is 5.10 Å². The fourth-order valence-corrected chi connectivity index (χ4v) is 2.52. The third-order valence-electron chi connectivity index (χ3n) is 4.21. The van der Waals surface area contributed by atoms with Crippen LogP contribution in [0.15, 0.2) is 59.7 Å². The van der Waals surface area contributed by atoms with E-state index >= 15 is 0 Å². The van der Waals surface area contributed by atoms with Gasteiger partial charge in [0.2, 0.25) is 5.71 Å². The molecular formula is C20H26N3+. The molecule has 0 fully saturated rings. The highest BCUT2D eigenvalue weighted by atomic mass is 15.4. The van der Waals surface area contributed by atoms with Crippen molar-refractivity contribution in [1.82, 2.24) is 0 Å². The quantitative estimate of drug-likeness (QED) is 0.667. The number of aryl methyl sites for hydroxylation is 1. The molecule has 0 spiro atoms. The Hall–Kier alpha value is -2.42. The van der Waals surface area contributed by atoms with Crippen molar-refractivity contribution in [3.8, 4) is 0 Å². The zero-order valence-corrected chi connectivity index (χ0v) is 14.7. The number of hydrogen-bond donors (Lipinski definition) is 1. The minimum Gasteiger partial charge on any atom is -0.268 e. The lowest BCUT2D eigenvalue weighted by Crippen LogP contribution is -2.72. The third kappa shape index (κ3) is 4.07. The van der Waals surface area contributed by atoms with E-state index in [4.69, 9.17) is 0 Å². The van der Waals surface area contributed by atoms with Gasteiger partial charge in [-0.05, 0) is 38.5 Å². The molecule has 0 aromatic heterocycles. The van der Waals surface area contributed by atoms with E-state index in [1.54, 1.807) is 0 Å². The first kappa shape index (κ1) is 16.9. The van der Waals surface area contributed by atoms with Crippen molar-refractivity contribution in [3.63, 3.8) is 0 Å². The Morgan fingerprint density at radius 3 is 2.22 bits per heavy atom. The monoisotopic (exact) mass is 308 g/mol. The van der Waals surface area contributed by atoms with Crippen molar-refractivity contribution in [1.29, 1.82) is 0 Å². The van der Waals surface area contributed by atoms with Crippen LogP contribution in [0.3, 0.4) is 0 Å². The van der Waals surface area contributed by atoms with Crippen molar-refractivity contribution in [3.05, 3.63) is 65.7 Å². The highest BCUT2D eigenvalue weighted by molar-refractivity contribution is 6.31. The van der Waals surface area contributed by atoms with Crippen LogP contribution < -0.4 is 10.0 Å². The van der Waals surface area contributed by atoms with Crippen molar-refractivity contribution < 1.29 is 4.99 Å². The smallest absolute Gasteiger partial charge is 0.204 e. The van der Waals surface area contributed by atoms with E-state index < -0.39 is 0 Å². The van der Waals surface area contributed by atoms with Gasteiger partial charge in [0.15, 0.2) is 0 Å². The molecule has 0 heterocycles. The third-order valence-corrected chi connectivity index (χ3v) is 4.21. The SMILES string of the molecule is C[NH+]=C(/C=N/N(C)c1ccc(C)cc1)C(C)(C)c1ccccc1. The predicted molar refractivity (Wildman–Crippen MR) is 99.4 cm³/mol. The molecule has 23 heavy (non-hydrogen) atoms. The van der Waals surface area contributed by atoms with Crippen molar-refractivity contribution in [2.75, 3.05) is 19.1 Å². The number of nitrogens with zero attached hydrogens (tertiary/aromatic N) is 2. The molecule has 3 heteroatoms. The number of anilines is 1. The average molecular weight is 308 g/mol. The van der Waals surface area contributed by atoms with Crippen LogP contribution in [0.4, 0.5) is 5.69 Å². The highest BCUT2D eigenvalue weighted by Gasteiger charge is 2.30. The number of nitrogens with one attached hydrogen (secondary N) is 1. The molecule has 0 amide bonds. The van der Waals surface area contributed by atoms with Gasteiger partial charge in [-0.1, -0.05) is 48.0 Å². The zero-order chi connectivity index (χ0) is 16.9. The summed E-state index contributed by atoms with van der Waals surface area (Å²) < 4.78 is 0. The topological polar surface area (TPSA) is 29.6 Å². The maximum Gasteiger partial charge on any atom is 0.204 e. The molecular weight excluding hydrogens is 282 g/mol. The molecule has 120 valence electrons. The zero-order valence-electron chi connectivity index (χ0n) is 14.7. The summed E-state index contributed by atoms with van der Waals surface area (Å²) in [6.45, 7) is 6.49. The minimum absolute atomic E-state index is 0.131. The molecule has 0 saturated heterocycles.